The van der Waals surface area contributed by atoms with E-state index in [0.29, 0.717) is 13.0 Å². The van der Waals surface area contributed by atoms with Gasteiger partial charge in [-0.2, -0.15) is 0 Å². The largest absolute Gasteiger partial charge is 0.494 e. The number of likely N-dealkylation sites (tertiary alicyclic amines) is 1. The molecule has 22 heavy (non-hydrogen) atoms. The van der Waals surface area contributed by atoms with Gasteiger partial charge in [0.2, 0.25) is 0 Å². The predicted molar refractivity (Wildman–Crippen MR) is 90.9 cm³/mol. The molecule has 0 aliphatic carbocycles. The van der Waals surface area contributed by atoms with Gasteiger partial charge in [-0.15, -0.1) is 0 Å². The molecule has 122 valence electrons. The van der Waals surface area contributed by atoms with Gasteiger partial charge in [0.1, 0.15) is 5.75 Å². The van der Waals surface area contributed by atoms with E-state index in [2.05, 4.69) is 11.8 Å². The van der Waals surface area contributed by atoms with Crippen LogP contribution in [0.3, 0.4) is 0 Å². The molecule has 0 bridgehead atoms. The van der Waals surface area contributed by atoms with Gasteiger partial charge in [-0.25, -0.2) is 0 Å². The average Bonchev–Trinajstić information content (AvgIpc) is 2.46. The zero-order valence-electron chi connectivity index (χ0n) is 14.4. The number of carbonyl (C=O) groups is 1. The van der Waals surface area contributed by atoms with E-state index in [0.717, 1.165) is 48.0 Å². The number of Topliss-reactive ketones (excluding diaryl/α,β-unsaturated/α-hetero) is 1. The molecule has 0 aromatic heterocycles. The first-order valence-electron chi connectivity index (χ1n) is 8.50. The first-order valence-corrected chi connectivity index (χ1v) is 8.50. The van der Waals surface area contributed by atoms with Crippen molar-refractivity contribution >= 4 is 5.78 Å². The van der Waals surface area contributed by atoms with Crippen molar-refractivity contribution in [1.82, 2.24) is 4.90 Å². The van der Waals surface area contributed by atoms with Crippen molar-refractivity contribution in [1.29, 1.82) is 0 Å². The Labute approximate surface area is 134 Å². The van der Waals surface area contributed by atoms with Gasteiger partial charge in [0.05, 0.1) is 6.61 Å². The number of rotatable bonds is 6. The SMILES string of the molecule is CCOc1cc(C)c(C(=O)CCN2CCC(C)CC2)c(C)c1. The Hall–Kier alpha value is -1.35. The quantitative estimate of drug-likeness (QED) is 0.744. The molecule has 1 aliphatic heterocycles. The molecule has 0 atom stereocenters. The Morgan fingerprint density at radius 3 is 2.36 bits per heavy atom. The number of carbonyl (C=O) groups excluding carboxylic acids is 1. The standard InChI is InChI=1S/C19H29NO2/c1-5-22-17-12-15(3)19(16(4)13-17)18(21)8-11-20-9-6-14(2)7-10-20/h12-14H,5-11H2,1-4H3. The highest BCUT2D eigenvalue weighted by atomic mass is 16.5. The van der Waals surface area contributed by atoms with E-state index in [1.165, 1.54) is 12.8 Å². The lowest BCUT2D eigenvalue weighted by Gasteiger charge is -2.30. The number of ether oxygens (including phenoxy) is 1. The Morgan fingerprint density at radius 1 is 1.23 bits per heavy atom. The van der Waals surface area contributed by atoms with E-state index in [1.807, 2.05) is 32.9 Å². The molecule has 0 radical (unpaired) electrons. The minimum Gasteiger partial charge on any atom is -0.494 e. The van der Waals surface area contributed by atoms with E-state index in [1.54, 1.807) is 0 Å². The first kappa shape index (κ1) is 17.0. The number of hydrogen-bond acceptors (Lipinski definition) is 3. The third kappa shape index (κ3) is 4.33. The van der Waals surface area contributed by atoms with Crippen LogP contribution in [0.1, 0.15) is 54.6 Å². The minimum atomic E-state index is 0.261. The molecule has 1 aromatic rings. The number of piperidine rings is 1. The Bertz CT molecular complexity index is 493. The average molecular weight is 303 g/mol. The normalized spacial score (nSPS) is 16.7. The fourth-order valence-electron chi connectivity index (χ4n) is 3.28. The molecule has 1 fully saturated rings. The maximum absolute atomic E-state index is 12.6. The monoisotopic (exact) mass is 303 g/mol. The van der Waals surface area contributed by atoms with Crippen LogP contribution in [0.4, 0.5) is 0 Å². The van der Waals surface area contributed by atoms with Crippen molar-refractivity contribution < 1.29 is 9.53 Å². The zero-order valence-corrected chi connectivity index (χ0v) is 14.4. The zero-order chi connectivity index (χ0) is 16.1. The topological polar surface area (TPSA) is 29.5 Å². The van der Waals surface area contributed by atoms with Crippen LogP contribution in [-0.2, 0) is 0 Å². The van der Waals surface area contributed by atoms with Crippen LogP contribution in [0, 0.1) is 19.8 Å². The van der Waals surface area contributed by atoms with Gasteiger partial charge in [0, 0.05) is 18.5 Å². The highest BCUT2D eigenvalue weighted by Gasteiger charge is 2.18. The third-order valence-electron chi connectivity index (χ3n) is 4.63. The van der Waals surface area contributed by atoms with Gasteiger partial charge in [-0.3, -0.25) is 4.79 Å². The van der Waals surface area contributed by atoms with Crippen LogP contribution in [0.15, 0.2) is 12.1 Å². The van der Waals surface area contributed by atoms with Crippen molar-refractivity contribution in [2.75, 3.05) is 26.2 Å². The lowest BCUT2D eigenvalue weighted by atomic mass is 9.96. The van der Waals surface area contributed by atoms with Crippen LogP contribution in [0.5, 0.6) is 5.75 Å². The molecule has 0 saturated carbocycles. The second-order valence-corrected chi connectivity index (χ2v) is 6.56. The van der Waals surface area contributed by atoms with Crippen LogP contribution in [0.25, 0.3) is 0 Å². The van der Waals surface area contributed by atoms with Crippen molar-refractivity contribution in [3.8, 4) is 5.75 Å². The maximum atomic E-state index is 12.6. The predicted octanol–water partition coefficient (Wildman–Crippen LogP) is 4.01. The summed E-state index contributed by atoms with van der Waals surface area (Å²) >= 11 is 0. The Balaban J connectivity index is 1.97. The summed E-state index contributed by atoms with van der Waals surface area (Å²) in [6, 6.07) is 3.96. The van der Waals surface area contributed by atoms with Crippen LogP contribution >= 0.6 is 0 Å². The molecule has 1 saturated heterocycles. The summed E-state index contributed by atoms with van der Waals surface area (Å²) < 4.78 is 5.55. The van der Waals surface area contributed by atoms with Gasteiger partial charge >= 0.3 is 0 Å². The summed E-state index contributed by atoms with van der Waals surface area (Å²) in [6.07, 6.45) is 3.13. The fraction of sp³-hybridized carbons (Fsp3) is 0.632. The smallest absolute Gasteiger partial charge is 0.164 e. The van der Waals surface area contributed by atoms with Gasteiger partial charge in [0.25, 0.3) is 0 Å². The van der Waals surface area contributed by atoms with Crippen LogP contribution in [0.2, 0.25) is 0 Å². The number of benzene rings is 1. The molecule has 0 spiro atoms. The van der Waals surface area contributed by atoms with Gasteiger partial charge in [0.15, 0.2) is 5.78 Å². The summed E-state index contributed by atoms with van der Waals surface area (Å²) in [4.78, 5) is 15.0. The number of ketones is 1. The molecule has 0 unspecified atom stereocenters. The molecule has 0 amide bonds. The lowest BCUT2D eigenvalue weighted by molar-refractivity contribution is 0.0951. The van der Waals surface area contributed by atoms with Gasteiger partial charge in [-0.1, -0.05) is 6.92 Å². The Kier molecular flexibility index (Phi) is 6.01. The van der Waals surface area contributed by atoms with Crippen molar-refractivity contribution in [2.24, 2.45) is 5.92 Å². The molecule has 1 aliphatic rings. The number of aryl methyl sites for hydroxylation is 2. The maximum Gasteiger partial charge on any atom is 0.164 e. The summed E-state index contributed by atoms with van der Waals surface area (Å²) in [7, 11) is 0. The summed E-state index contributed by atoms with van der Waals surface area (Å²) in [5.74, 6) is 1.96. The molecular weight excluding hydrogens is 274 g/mol. The highest BCUT2D eigenvalue weighted by Crippen LogP contribution is 2.24. The van der Waals surface area contributed by atoms with Crippen molar-refractivity contribution in [2.45, 2.75) is 47.0 Å². The van der Waals surface area contributed by atoms with Gasteiger partial charge < -0.3 is 9.64 Å². The number of hydrogen-bond donors (Lipinski definition) is 0. The molecule has 2 rings (SSSR count). The lowest BCUT2D eigenvalue weighted by Crippen LogP contribution is -2.34. The van der Waals surface area contributed by atoms with Crippen LogP contribution < -0.4 is 4.74 Å². The minimum absolute atomic E-state index is 0.261. The molecule has 1 aromatic carbocycles. The van der Waals surface area contributed by atoms with E-state index in [-0.39, 0.29) is 5.78 Å². The molecule has 1 heterocycles. The van der Waals surface area contributed by atoms with Crippen LogP contribution in [-0.4, -0.2) is 36.9 Å². The molecule has 3 nitrogen and oxygen atoms in total. The van der Waals surface area contributed by atoms with Crippen molar-refractivity contribution in [3.05, 3.63) is 28.8 Å². The van der Waals surface area contributed by atoms with E-state index < -0.39 is 0 Å². The second-order valence-electron chi connectivity index (χ2n) is 6.56. The first-order chi connectivity index (χ1) is 10.5. The molecule has 0 N–H and O–H groups in total. The third-order valence-corrected chi connectivity index (χ3v) is 4.63. The highest BCUT2D eigenvalue weighted by molar-refractivity contribution is 5.99. The summed E-state index contributed by atoms with van der Waals surface area (Å²) in [6.45, 7) is 12.1. The van der Waals surface area contributed by atoms with E-state index in [9.17, 15) is 4.79 Å². The summed E-state index contributed by atoms with van der Waals surface area (Å²) in [5.41, 5.74) is 2.94. The number of nitrogens with zero attached hydrogens (tertiary/aromatic N) is 1. The van der Waals surface area contributed by atoms with Gasteiger partial charge in [-0.05, 0) is 75.9 Å². The van der Waals surface area contributed by atoms with E-state index >= 15 is 0 Å². The molecule has 3 heteroatoms. The fourth-order valence-corrected chi connectivity index (χ4v) is 3.28. The van der Waals surface area contributed by atoms with E-state index in [4.69, 9.17) is 4.74 Å². The Morgan fingerprint density at radius 2 is 1.82 bits per heavy atom. The molecular formula is C19H29NO2. The summed E-state index contributed by atoms with van der Waals surface area (Å²) in [5, 5.41) is 0. The second kappa shape index (κ2) is 7.77. The van der Waals surface area contributed by atoms with Crippen molar-refractivity contribution in [3.63, 3.8) is 0 Å².